The molecule has 0 spiro atoms. The van der Waals surface area contributed by atoms with Crippen LogP contribution in [0.5, 0.6) is 11.5 Å². The van der Waals surface area contributed by atoms with E-state index in [4.69, 9.17) is 9.47 Å². The number of carbonyl (C=O) groups excluding carboxylic acids is 1. The van der Waals surface area contributed by atoms with E-state index in [9.17, 15) is 4.79 Å². The summed E-state index contributed by atoms with van der Waals surface area (Å²) in [4.78, 5) is 12.4. The standard InChI is InChI=1S/C27H25N5O3S/c1-34-23-14-10-21(11-15-23)26-30-31-27(32(26)22-12-16-24(35-2)17-13-22)36-19-25(33)29-28-18-6-9-20-7-4-3-5-8-20/h3-18H,19H2,1-2H3,(H,29,33). The number of thioether (sulfide) groups is 1. The van der Waals surface area contributed by atoms with Crippen molar-refractivity contribution in [1.29, 1.82) is 0 Å². The number of ether oxygens (including phenoxy) is 2. The molecule has 4 aromatic rings. The minimum Gasteiger partial charge on any atom is -0.497 e. The number of amides is 1. The second kappa shape index (κ2) is 12.4. The highest BCUT2D eigenvalue weighted by Gasteiger charge is 2.17. The first-order chi connectivity index (χ1) is 17.7. The van der Waals surface area contributed by atoms with Gasteiger partial charge in [0.25, 0.3) is 5.91 Å². The van der Waals surface area contributed by atoms with Gasteiger partial charge in [-0.3, -0.25) is 9.36 Å². The monoisotopic (exact) mass is 499 g/mol. The van der Waals surface area contributed by atoms with Crippen molar-refractivity contribution in [3.63, 3.8) is 0 Å². The van der Waals surface area contributed by atoms with Crippen molar-refractivity contribution in [2.45, 2.75) is 5.16 Å². The van der Waals surface area contributed by atoms with Crippen LogP contribution in [-0.4, -0.2) is 46.9 Å². The third-order valence-corrected chi connectivity index (χ3v) is 6.01. The van der Waals surface area contributed by atoms with Gasteiger partial charge in [-0.2, -0.15) is 5.10 Å². The average molecular weight is 500 g/mol. The fourth-order valence-corrected chi connectivity index (χ4v) is 4.03. The lowest BCUT2D eigenvalue weighted by atomic mass is 10.2. The molecule has 1 heterocycles. The summed E-state index contributed by atoms with van der Waals surface area (Å²) < 4.78 is 12.5. The molecule has 0 radical (unpaired) electrons. The van der Waals surface area contributed by atoms with Gasteiger partial charge in [0.15, 0.2) is 11.0 Å². The van der Waals surface area contributed by atoms with Crippen LogP contribution in [0.15, 0.2) is 95.2 Å². The number of benzene rings is 3. The summed E-state index contributed by atoms with van der Waals surface area (Å²) in [7, 11) is 3.24. The van der Waals surface area contributed by atoms with Crippen molar-refractivity contribution in [2.75, 3.05) is 20.0 Å². The average Bonchev–Trinajstić information content (AvgIpc) is 3.36. The Morgan fingerprint density at radius 1 is 0.944 bits per heavy atom. The highest BCUT2D eigenvalue weighted by atomic mass is 32.2. The van der Waals surface area contributed by atoms with Gasteiger partial charge < -0.3 is 9.47 Å². The maximum absolute atomic E-state index is 12.4. The Kier molecular flexibility index (Phi) is 8.50. The van der Waals surface area contributed by atoms with Crippen molar-refractivity contribution in [3.05, 3.63) is 90.5 Å². The molecule has 182 valence electrons. The van der Waals surface area contributed by atoms with Gasteiger partial charge in [0.2, 0.25) is 0 Å². The highest BCUT2D eigenvalue weighted by molar-refractivity contribution is 7.99. The van der Waals surface area contributed by atoms with E-state index in [1.807, 2.05) is 89.5 Å². The lowest BCUT2D eigenvalue weighted by molar-refractivity contribution is -0.118. The van der Waals surface area contributed by atoms with Gasteiger partial charge in [-0.1, -0.05) is 48.2 Å². The molecule has 8 nitrogen and oxygen atoms in total. The summed E-state index contributed by atoms with van der Waals surface area (Å²) in [5.74, 6) is 2.01. The van der Waals surface area contributed by atoms with E-state index in [2.05, 4.69) is 20.7 Å². The number of carbonyl (C=O) groups is 1. The van der Waals surface area contributed by atoms with E-state index in [-0.39, 0.29) is 11.7 Å². The maximum Gasteiger partial charge on any atom is 0.250 e. The van der Waals surface area contributed by atoms with Crippen molar-refractivity contribution >= 4 is 30.0 Å². The van der Waals surface area contributed by atoms with Crippen LogP contribution in [0.3, 0.4) is 0 Å². The van der Waals surface area contributed by atoms with Gasteiger partial charge in [0.05, 0.1) is 20.0 Å². The topological polar surface area (TPSA) is 90.6 Å². The molecule has 1 N–H and O–H groups in total. The summed E-state index contributed by atoms with van der Waals surface area (Å²) in [5, 5.41) is 13.3. The van der Waals surface area contributed by atoms with E-state index < -0.39 is 0 Å². The Morgan fingerprint density at radius 2 is 1.61 bits per heavy atom. The number of allylic oxidation sites excluding steroid dienone is 1. The highest BCUT2D eigenvalue weighted by Crippen LogP contribution is 2.29. The summed E-state index contributed by atoms with van der Waals surface area (Å²) in [5.41, 5.74) is 5.30. The Bertz CT molecular complexity index is 1330. The molecule has 0 fully saturated rings. The number of hydrogen-bond acceptors (Lipinski definition) is 7. The Morgan fingerprint density at radius 3 is 2.28 bits per heavy atom. The maximum atomic E-state index is 12.4. The lowest BCUT2D eigenvalue weighted by Crippen LogP contribution is -2.19. The number of nitrogens with one attached hydrogen (secondary N) is 1. The minimum atomic E-state index is -0.250. The zero-order valence-electron chi connectivity index (χ0n) is 19.9. The molecule has 0 saturated carbocycles. The molecule has 9 heteroatoms. The quantitative estimate of drug-likeness (QED) is 0.190. The van der Waals surface area contributed by atoms with Gasteiger partial charge in [0.1, 0.15) is 11.5 Å². The fourth-order valence-electron chi connectivity index (χ4n) is 3.29. The van der Waals surface area contributed by atoms with E-state index in [0.717, 1.165) is 28.3 Å². The van der Waals surface area contributed by atoms with Crippen LogP contribution in [-0.2, 0) is 4.79 Å². The molecule has 36 heavy (non-hydrogen) atoms. The van der Waals surface area contributed by atoms with Crippen LogP contribution in [0.2, 0.25) is 0 Å². The largest absolute Gasteiger partial charge is 0.497 e. The van der Waals surface area contributed by atoms with Crippen molar-refractivity contribution in [3.8, 4) is 28.6 Å². The first-order valence-electron chi connectivity index (χ1n) is 11.1. The van der Waals surface area contributed by atoms with Crippen LogP contribution in [0.25, 0.3) is 23.2 Å². The third-order valence-electron chi connectivity index (χ3n) is 5.08. The van der Waals surface area contributed by atoms with Crippen LogP contribution in [0.4, 0.5) is 0 Å². The van der Waals surface area contributed by atoms with E-state index in [1.54, 1.807) is 20.3 Å². The van der Waals surface area contributed by atoms with Crippen LogP contribution < -0.4 is 14.9 Å². The number of hydrazone groups is 1. The first-order valence-corrected chi connectivity index (χ1v) is 12.1. The fraction of sp³-hybridized carbons (Fsp3) is 0.111. The summed E-state index contributed by atoms with van der Waals surface area (Å²) in [6.45, 7) is 0. The molecule has 1 amide bonds. The minimum absolute atomic E-state index is 0.122. The molecule has 0 atom stereocenters. The molecule has 3 aromatic carbocycles. The van der Waals surface area contributed by atoms with Crippen LogP contribution in [0, 0.1) is 0 Å². The van der Waals surface area contributed by atoms with Crippen LogP contribution >= 0.6 is 11.8 Å². The van der Waals surface area contributed by atoms with E-state index in [0.29, 0.717) is 11.0 Å². The number of nitrogens with zero attached hydrogens (tertiary/aromatic N) is 4. The van der Waals surface area contributed by atoms with Gasteiger partial charge >= 0.3 is 0 Å². The molecular weight excluding hydrogens is 474 g/mol. The Labute approximate surface area is 213 Å². The molecule has 0 unspecified atom stereocenters. The predicted octanol–water partition coefficient (Wildman–Crippen LogP) is 4.86. The number of methoxy groups -OCH3 is 2. The summed E-state index contributed by atoms with van der Waals surface area (Å²) in [6.07, 6.45) is 5.21. The van der Waals surface area contributed by atoms with Crippen molar-refractivity contribution in [1.82, 2.24) is 20.2 Å². The van der Waals surface area contributed by atoms with E-state index >= 15 is 0 Å². The molecule has 0 saturated heterocycles. The lowest BCUT2D eigenvalue weighted by Gasteiger charge is -2.11. The Balaban J connectivity index is 1.47. The predicted molar refractivity (Wildman–Crippen MR) is 143 cm³/mol. The molecule has 4 rings (SSSR count). The van der Waals surface area contributed by atoms with Crippen molar-refractivity contribution in [2.24, 2.45) is 5.10 Å². The van der Waals surface area contributed by atoms with Crippen LogP contribution in [0.1, 0.15) is 5.56 Å². The third kappa shape index (κ3) is 6.39. The number of aromatic nitrogens is 3. The molecular formula is C27H25N5O3S. The molecule has 0 aliphatic carbocycles. The van der Waals surface area contributed by atoms with Gasteiger partial charge in [-0.25, -0.2) is 5.43 Å². The molecule has 0 bridgehead atoms. The van der Waals surface area contributed by atoms with Gasteiger partial charge in [0, 0.05) is 17.5 Å². The second-order valence-corrected chi connectivity index (χ2v) is 8.38. The SMILES string of the molecule is COc1ccc(-c2nnc(SCC(=O)NN=CC=Cc3ccccc3)n2-c2ccc(OC)cc2)cc1. The molecule has 0 aliphatic heterocycles. The van der Waals surface area contributed by atoms with Gasteiger partial charge in [-0.05, 0) is 60.2 Å². The molecule has 1 aromatic heterocycles. The Hall–Kier alpha value is -4.37. The number of rotatable bonds is 10. The zero-order valence-corrected chi connectivity index (χ0v) is 20.7. The van der Waals surface area contributed by atoms with E-state index in [1.165, 1.54) is 18.0 Å². The zero-order chi connectivity index (χ0) is 25.2. The summed E-state index contributed by atoms with van der Waals surface area (Å²) in [6, 6.07) is 25.0. The molecule has 0 aliphatic rings. The normalized spacial score (nSPS) is 11.2. The summed E-state index contributed by atoms with van der Waals surface area (Å²) >= 11 is 1.27. The second-order valence-electron chi connectivity index (χ2n) is 7.44. The first kappa shape index (κ1) is 24.7. The smallest absolute Gasteiger partial charge is 0.250 e. The van der Waals surface area contributed by atoms with Gasteiger partial charge in [-0.15, -0.1) is 10.2 Å². The number of hydrogen-bond donors (Lipinski definition) is 1. The van der Waals surface area contributed by atoms with Crippen molar-refractivity contribution < 1.29 is 14.3 Å².